The third-order valence-corrected chi connectivity index (χ3v) is 5.85. The average molecular weight is 440 g/mol. The minimum absolute atomic E-state index is 0.00572. The first kappa shape index (κ1) is 20.8. The Morgan fingerprint density at radius 1 is 0.727 bits per heavy atom. The van der Waals surface area contributed by atoms with Crippen molar-refractivity contribution in [2.24, 2.45) is 0 Å². The van der Waals surface area contributed by atoms with Crippen molar-refractivity contribution in [2.75, 3.05) is 26.2 Å². The quantitative estimate of drug-likeness (QED) is 0.455. The molecule has 3 aromatic carbocycles. The van der Waals surface area contributed by atoms with E-state index in [1.165, 1.54) is 0 Å². The normalized spacial score (nSPS) is 13.8. The molecule has 0 aliphatic carbocycles. The molecular weight excluding hydrogens is 416 g/mol. The molecular formula is C27H24N2O4. The summed E-state index contributed by atoms with van der Waals surface area (Å²) in [6.45, 7) is 2.18. The molecule has 0 spiro atoms. The number of fused-ring (bicyclic) bond motifs is 1. The monoisotopic (exact) mass is 440 g/mol. The van der Waals surface area contributed by atoms with Crippen LogP contribution in [0.4, 0.5) is 0 Å². The van der Waals surface area contributed by atoms with Gasteiger partial charge < -0.3 is 19.0 Å². The highest BCUT2D eigenvalue weighted by Crippen LogP contribution is 2.22. The van der Waals surface area contributed by atoms with Crippen LogP contribution in [0, 0.1) is 0 Å². The molecule has 0 bridgehead atoms. The van der Waals surface area contributed by atoms with Gasteiger partial charge in [-0.15, -0.1) is 0 Å². The van der Waals surface area contributed by atoms with Gasteiger partial charge in [-0.1, -0.05) is 48.5 Å². The van der Waals surface area contributed by atoms with Crippen molar-refractivity contribution >= 4 is 22.6 Å². The van der Waals surface area contributed by atoms with Crippen LogP contribution in [0.15, 0.2) is 89.3 Å². The zero-order chi connectivity index (χ0) is 22.6. The first-order valence-electron chi connectivity index (χ1n) is 11.0. The van der Waals surface area contributed by atoms with Crippen LogP contribution in [0.25, 0.3) is 10.8 Å². The largest absolute Gasteiger partial charge is 0.486 e. The Morgan fingerprint density at radius 3 is 2.15 bits per heavy atom. The summed E-state index contributed by atoms with van der Waals surface area (Å²) in [4.78, 5) is 29.0. The van der Waals surface area contributed by atoms with Crippen LogP contribution in [0.2, 0.25) is 0 Å². The van der Waals surface area contributed by atoms with Crippen molar-refractivity contribution in [3.63, 3.8) is 0 Å². The highest BCUT2D eigenvalue weighted by molar-refractivity contribution is 5.95. The van der Waals surface area contributed by atoms with E-state index in [9.17, 15) is 9.59 Å². The number of amides is 2. The maximum Gasteiger partial charge on any atom is 0.289 e. The number of hydrogen-bond acceptors (Lipinski definition) is 4. The van der Waals surface area contributed by atoms with Crippen molar-refractivity contribution in [2.45, 2.75) is 6.61 Å². The summed E-state index contributed by atoms with van der Waals surface area (Å²) in [6, 6.07) is 26.7. The van der Waals surface area contributed by atoms with E-state index in [0.717, 1.165) is 16.5 Å². The second-order valence-electron chi connectivity index (χ2n) is 8.01. The molecule has 1 fully saturated rings. The van der Waals surface area contributed by atoms with Crippen LogP contribution in [0.5, 0.6) is 5.75 Å². The smallest absolute Gasteiger partial charge is 0.289 e. The Morgan fingerprint density at radius 2 is 1.39 bits per heavy atom. The number of hydrogen-bond donors (Lipinski definition) is 0. The minimum atomic E-state index is -0.168. The number of carbonyl (C=O) groups excluding carboxylic acids is 2. The molecule has 1 aliphatic heterocycles. The van der Waals surface area contributed by atoms with E-state index < -0.39 is 0 Å². The second kappa shape index (κ2) is 9.20. The Labute approximate surface area is 192 Å². The molecule has 1 saturated heterocycles. The summed E-state index contributed by atoms with van der Waals surface area (Å²) in [5.74, 6) is 1.45. The molecule has 1 aliphatic rings. The second-order valence-corrected chi connectivity index (χ2v) is 8.01. The van der Waals surface area contributed by atoms with E-state index in [0.29, 0.717) is 37.5 Å². The van der Waals surface area contributed by atoms with Gasteiger partial charge in [-0.3, -0.25) is 9.59 Å². The average Bonchev–Trinajstić information content (AvgIpc) is 3.36. The third kappa shape index (κ3) is 4.60. The van der Waals surface area contributed by atoms with Crippen molar-refractivity contribution in [1.82, 2.24) is 9.80 Å². The predicted octanol–water partition coefficient (Wildman–Crippen LogP) is 4.61. The summed E-state index contributed by atoms with van der Waals surface area (Å²) in [5, 5.41) is 2.26. The van der Waals surface area contributed by atoms with E-state index in [2.05, 4.69) is 6.07 Å². The van der Waals surface area contributed by atoms with Crippen LogP contribution < -0.4 is 4.74 Å². The van der Waals surface area contributed by atoms with Crippen LogP contribution in [-0.4, -0.2) is 47.8 Å². The van der Waals surface area contributed by atoms with Gasteiger partial charge in [-0.05, 0) is 47.2 Å². The molecule has 6 nitrogen and oxygen atoms in total. The van der Waals surface area contributed by atoms with Gasteiger partial charge in [0.25, 0.3) is 11.8 Å². The molecule has 1 aromatic heterocycles. The Kier molecular flexibility index (Phi) is 5.81. The standard InChI is InChI=1S/C27H24N2O4/c30-26(21-7-2-1-3-8-21)28-14-16-29(17-15-28)27(31)25-13-12-24(33-25)19-32-23-11-10-20-6-4-5-9-22(20)18-23/h1-13,18H,14-17,19H2. The fourth-order valence-corrected chi connectivity index (χ4v) is 4.01. The molecule has 6 heteroatoms. The lowest BCUT2D eigenvalue weighted by Crippen LogP contribution is -2.50. The fraction of sp³-hybridized carbons (Fsp3) is 0.185. The molecule has 0 N–H and O–H groups in total. The first-order chi connectivity index (χ1) is 16.2. The van der Waals surface area contributed by atoms with E-state index in [-0.39, 0.29) is 24.2 Å². The van der Waals surface area contributed by atoms with Gasteiger partial charge in [0.05, 0.1) is 0 Å². The lowest BCUT2D eigenvalue weighted by Gasteiger charge is -2.34. The molecule has 33 heavy (non-hydrogen) atoms. The maximum atomic E-state index is 12.9. The predicted molar refractivity (Wildman–Crippen MR) is 125 cm³/mol. The van der Waals surface area contributed by atoms with Crippen molar-refractivity contribution in [1.29, 1.82) is 0 Å². The third-order valence-electron chi connectivity index (χ3n) is 5.85. The molecule has 0 saturated carbocycles. The van der Waals surface area contributed by atoms with E-state index in [1.54, 1.807) is 21.9 Å². The van der Waals surface area contributed by atoms with Gasteiger partial charge in [0, 0.05) is 31.7 Å². The van der Waals surface area contributed by atoms with Gasteiger partial charge >= 0.3 is 0 Å². The number of piperazine rings is 1. The maximum absolute atomic E-state index is 12.9. The number of ether oxygens (including phenoxy) is 1. The van der Waals surface area contributed by atoms with E-state index >= 15 is 0 Å². The molecule has 5 rings (SSSR count). The summed E-state index contributed by atoms with van der Waals surface area (Å²) in [6.07, 6.45) is 0. The van der Waals surface area contributed by atoms with Crippen LogP contribution >= 0.6 is 0 Å². The van der Waals surface area contributed by atoms with Gasteiger partial charge in [0.15, 0.2) is 5.76 Å². The number of benzene rings is 3. The number of nitrogens with zero attached hydrogens (tertiary/aromatic N) is 2. The highest BCUT2D eigenvalue weighted by atomic mass is 16.5. The van der Waals surface area contributed by atoms with Crippen molar-refractivity contribution in [3.8, 4) is 5.75 Å². The SMILES string of the molecule is O=C(c1ccccc1)N1CCN(C(=O)c2ccc(COc3ccc4ccccc4c3)o2)CC1. The lowest BCUT2D eigenvalue weighted by atomic mass is 10.1. The van der Waals surface area contributed by atoms with Gasteiger partial charge in [0.1, 0.15) is 18.1 Å². The summed E-state index contributed by atoms with van der Waals surface area (Å²) in [5.41, 5.74) is 0.666. The Balaban J connectivity index is 1.16. The van der Waals surface area contributed by atoms with Crippen molar-refractivity contribution in [3.05, 3.63) is 102 Å². The zero-order valence-electron chi connectivity index (χ0n) is 18.1. The van der Waals surface area contributed by atoms with Crippen LogP contribution in [0.1, 0.15) is 26.7 Å². The lowest BCUT2D eigenvalue weighted by molar-refractivity contribution is 0.0516. The molecule has 0 unspecified atom stereocenters. The first-order valence-corrected chi connectivity index (χ1v) is 11.0. The van der Waals surface area contributed by atoms with E-state index in [1.807, 2.05) is 66.7 Å². The molecule has 2 amide bonds. The zero-order valence-corrected chi connectivity index (χ0v) is 18.1. The summed E-state index contributed by atoms with van der Waals surface area (Å²) >= 11 is 0. The fourth-order valence-electron chi connectivity index (χ4n) is 4.01. The molecule has 166 valence electrons. The number of furan rings is 1. The number of rotatable bonds is 5. The Bertz CT molecular complexity index is 1270. The molecule has 0 radical (unpaired) electrons. The summed E-state index contributed by atoms with van der Waals surface area (Å²) in [7, 11) is 0. The number of carbonyl (C=O) groups is 2. The minimum Gasteiger partial charge on any atom is -0.486 e. The molecule has 0 atom stereocenters. The van der Waals surface area contributed by atoms with Crippen LogP contribution in [0.3, 0.4) is 0 Å². The summed E-state index contributed by atoms with van der Waals surface area (Å²) < 4.78 is 11.6. The van der Waals surface area contributed by atoms with Crippen LogP contribution in [-0.2, 0) is 6.61 Å². The topological polar surface area (TPSA) is 63.0 Å². The van der Waals surface area contributed by atoms with Gasteiger partial charge in [-0.25, -0.2) is 0 Å². The Hall–Kier alpha value is -4.06. The van der Waals surface area contributed by atoms with E-state index in [4.69, 9.17) is 9.15 Å². The molecule has 4 aromatic rings. The molecule has 2 heterocycles. The van der Waals surface area contributed by atoms with Gasteiger partial charge in [0.2, 0.25) is 0 Å². The van der Waals surface area contributed by atoms with Crippen molar-refractivity contribution < 1.29 is 18.7 Å². The highest BCUT2D eigenvalue weighted by Gasteiger charge is 2.27. The van der Waals surface area contributed by atoms with Gasteiger partial charge in [-0.2, -0.15) is 0 Å².